The third kappa shape index (κ3) is 3.35. The molecule has 0 aliphatic rings. The summed E-state index contributed by atoms with van der Waals surface area (Å²) in [6.45, 7) is 0. The van der Waals surface area contributed by atoms with Crippen molar-refractivity contribution in [1.82, 2.24) is 4.98 Å². The van der Waals surface area contributed by atoms with Crippen LogP contribution in [0, 0.1) is 11.3 Å². The number of benzene rings is 1. The molecule has 0 fully saturated rings. The minimum atomic E-state index is -0.141. The molecule has 1 aromatic heterocycles. The number of hydrogen-bond donors (Lipinski definition) is 2. The van der Waals surface area contributed by atoms with E-state index in [0.29, 0.717) is 20.7 Å². The lowest BCUT2D eigenvalue weighted by atomic mass is 10.3. The smallest absolute Gasteiger partial charge is 0.222 e. The summed E-state index contributed by atoms with van der Waals surface area (Å²) in [7, 11) is 0. The molecule has 1 aromatic carbocycles. The maximum Gasteiger partial charge on any atom is 0.222 e. The third-order valence-electron chi connectivity index (χ3n) is 2.02. The van der Waals surface area contributed by atoms with Crippen molar-refractivity contribution in [3.05, 3.63) is 38.6 Å². The highest BCUT2D eigenvalue weighted by Gasteiger charge is 2.08. The predicted octanol–water partition coefficient (Wildman–Crippen LogP) is 3.50. The number of hydrazone groups is 1. The maximum atomic E-state index is 9.13. The molecule has 0 saturated heterocycles. The zero-order chi connectivity index (χ0) is 13.8. The van der Waals surface area contributed by atoms with Crippen molar-refractivity contribution in [2.45, 2.75) is 0 Å². The summed E-state index contributed by atoms with van der Waals surface area (Å²) in [5, 5.41) is 24.6. The van der Waals surface area contributed by atoms with Gasteiger partial charge in [0.15, 0.2) is 10.7 Å². The number of thiazole rings is 1. The summed E-state index contributed by atoms with van der Waals surface area (Å²) in [5.74, 6) is -0.141. The lowest BCUT2D eigenvalue weighted by Crippen LogP contribution is -2.01. The normalized spacial score (nSPS) is 11.1. The minimum Gasteiger partial charge on any atom is -0.493 e. The molecule has 96 valence electrons. The van der Waals surface area contributed by atoms with E-state index in [4.69, 9.17) is 33.6 Å². The highest BCUT2D eigenvalue weighted by Crippen LogP contribution is 2.25. The average Bonchev–Trinajstić information content (AvgIpc) is 2.81. The molecule has 0 radical (unpaired) electrons. The van der Waals surface area contributed by atoms with Crippen LogP contribution in [0.2, 0.25) is 10.0 Å². The zero-order valence-corrected chi connectivity index (χ0v) is 11.6. The quantitative estimate of drug-likeness (QED) is 0.671. The van der Waals surface area contributed by atoms with E-state index in [1.165, 1.54) is 5.38 Å². The molecule has 19 heavy (non-hydrogen) atoms. The van der Waals surface area contributed by atoms with E-state index in [-0.39, 0.29) is 11.6 Å². The van der Waals surface area contributed by atoms with Crippen LogP contribution >= 0.6 is 34.5 Å². The Hall–Kier alpha value is -1.81. The van der Waals surface area contributed by atoms with Gasteiger partial charge in [0.25, 0.3) is 0 Å². The van der Waals surface area contributed by atoms with Gasteiger partial charge in [-0.25, -0.2) is 0 Å². The van der Waals surface area contributed by atoms with E-state index in [1.807, 2.05) is 6.07 Å². The van der Waals surface area contributed by atoms with Crippen molar-refractivity contribution in [2.75, 3.05) is 5.43 Å². The van der Waals surface area contributed by atoms with Gasteiger partial charge >= 0.3 is 0 Å². The zero-order valence-electron chi connectivity index (χ0n) is 9.26. The van der Waals surface area contributed by atoms with Gasteiger partial charge in [-0.05, 0) is 18.2 Å². The number of aromatic nitrogens is 1. The van der Waals surface area contributed by atoms with Crippen molar-refractivity contribution in [2.24, 2.45) is 5.10 Å². The van der Waals surface area contributed by atoms with E-state index in [2.05, 4.69) is 15.5 Å². The monoisotopic (exact) mass is 312 g/mol. The van der Waals surface area contributed by atoms with Crippen LogP contribution in [0.1, 0.15) is 5.01 Å². The van der Waals surface area contributed by atoms with Crippen LogP contribution in [0.3, 0.4) is 0 Å². The number of nitrogens with one attached hydrogen (secondary N) is 1. The fourth-order valence-corrected chi connectivity index (χ4v) is 2.10. The maximum absolute atomic E-state index is 9.13. The number of nitrogens with zero attached hydrogens (tertiary/aromatic N) is 3. The lowest BCUT2D eigenvalue weighted by Gasteiger charge is -2.02. The highest BCUT2D eigenvalue weighted by atomic mass is 35.5. The molecule has 0 saturated carbocycles. The van der Waals surface area contributed by atoms with Crippen molar-refractivity contribution in [3.8, 4) is 11.9 Å². The fraction of sp³-hybridized carbons (Fsp3) is 0. The van der Waals surface area contributed by atoms with Crippen LogP contribution in [-0.4, -0.2) is 15.8 Å². The molecule has 2 rings (SSSR count). The number of anilines is 1. The van der Waals surface area contributed by atoms with Crippen molar-refractivity contribution in [3.63, 3.8) is 0 Å². The molecular formula is C11H6Cl2N4OS. The van der Waals surface area contributed by atoms with Gasteiger partial charge in [0.1, 0.15) is 6.07 Å². The summed E-state index contributed by atoms with van der Waals surface area (Å²) in [6.07, 6.45) is 0. The van der Waals surface area contributed by atoms with Gasteiger partial charge in [0.2, 0.25) is 5.88 Å². The molecule has 0 unspecified atom stereocenters. The van der Waals surface area contributed by atoms with Gasteiger partial charge in [-0.15, -0.1) is 11.3 Å². The van der Waals surface area contributed by atoms with E-state index >= 15 is 0 Å². The van der Waals surface area contributed by atoms with Crippen LogP contribution < -0.4 is 5.43 Å². The summed E-state index contributed by atoms with van der Waals surface area (Å²) in [6, 6.07) is 6.76. The van der Waals surface area contributed by atoms with E-state index in [0.717, 1.165) is 11.3 Å². The molecule has 2 N–H and O–H groups in total. The molecule has 5 nitrogen and oxygen atoms in total. The first-order valence-electron chi connectivity index (χ1n) is 4.94. The molecule has 0 aliphatic carbocycles. The van der Waals surface area contributed by atoms with Gasteiger partial charge in [-0.1, -0.05) is 23.2 Å². The van der Waals surface area contributed by atoms with E-state index < -0.39 is 0 Å². The molecule has 0 bridgehead atoms. The van der Waals surface area contributed by atoms with E-state index in [9.17, 15) is 0 Å². The summed E-state index contributed by atoms with van der Waals surface area (Å²) >= 11 is 12.8. The first kappa shape index (κ1) is 13.6. The van der Waals surface area contributed by atoms with Gasteiger partial charge in [0, 0.05) is 0 Å². The van der Waals surface area contributed by atoms with E-state index in [1.54, 1.807) is 18.2 Å². The fourth-order valence-electron chi connectivity index (χ4n) is 1.18. The standard InChI is InChI=1S/C11H6Cl2N4OS/c12-7-2-1-6(3-8(7)13)16-17-9(4-14)11-15-10(18)5-19-11/h1-3,5,16,18H/b17-9-. The second kappa shape index (κ2) is 5.89. The van der Waals surface area contributed by atoms with Crippen molar-refractivity contribution < 1.29 is 5.11 Å². The molecule has 8 heteroatoms. The Morgan fingerprint density at radius 2 is 2.21 bits per heavy atom. The second-order valence-electron chi connectivity index (χ2n) is 3.32. The van der Waals surface area contributed by atoms with Gasteiger partial charge in [-0.2, -0.15) is 15.3 Å². The minimum absolute atomic E-state index is 0.0661. The lowest BCUT2D eigenvalue weighted by molar-refractivity contribution is 0.457. The number of halogens is 2. The van der Waals surface area contributed by atoms with Gasteiger partial charge < -0.3 is 5.11 Å². The predicted molar refractivity (Wildman–Crippen MR) is 76.0 cm³/mol. The summed E-state index contributed by atoms with van der Waals surface area (Å²) in [4.78, 5) is 3.76. The second-order valence-corrected chi connectivity index (χ2v) is 5.00. The Morgan fingerprint density at radius 1 is 1.42 bits per heavy atom. The van der Waals surface area contributed by atoms with Crippen LogP contribution in [0.4, 0.5) is 5.69 Å². The Labute approximate surface area is 122 Å². The topological polar surface area (TPSA) is 81.3 Å². The average molecular weight is 313 g/mol. The van der Waals surface area contributed by atoms with Crippen molar-refractivity contribution >= 4 is 45.9 Å². The molecule has 1 heterocycles. The molecule has 0 atom stereocenters. The largest absolute Gasteiger partial charge is 0.493 e. The van der Waals surface area contributed by atoms with Crippen LogP contribution in [0.5, 0.6) is 5.88 Å². The molecule has 0 spiro atoms. The number of rotatable bonds is 3. The molecule has 0 amide bonds. The molecular weight excluding hydrogens is 307 g/mol. The van der Waals surface area contributed by atoms with Gasteiger partial charge in [-0.3, -0.25) is 5.43 Å². The number of aromatic hydroxyl groups is 1. The number of hydrogen-bond acceptors (Lipinski definition) is 6. The number of nitriles is 1. The van der Waals surface area contributed by atoms with Crippen LogP contribution in [0.25, 0.3) is 0 Å². The SMILES string of the molecule is N#C/C(=N/Nc1ccc(Cl)c(Cl)c1)c1nc(O)cs1. The van der Waals surface area contributed by atoms with Crippen LogP contribution in [0.15, 0.2) is 28.7 Å². The van der Waals surface area contributed by atoms with Crippen molar-refractivity contribution in [1.29, 1.82) is 5.26 Å². The molecule has 2 aromatic rings. The Balaban J connectivity index is 2.20. The highest BCUT2D eigenvalue weighted by molar-refractivity contribution is 7.12. The Kier molecular flexibility index (Phi) is 4.22. The first-order chi connectivity index (χ1) is 9.10. The first-order valence-corrected chi connectivity index (χ1v) is 6.57. The Morgan fingerprint density at radius 3 is 2.79 bits per heavy atom. The summed E-state index contributed by atoms with van der Waals surface area (Å²) in [5.41, 5.74) is 3.33. The van der Waals surface area contributed by atoms with Gasteiger partial charge in [0.05, 0.1) is 21.1 Å². The van der Waals surface area contributed by atoms with Crippen LogP contribution in [-0.2, 0) is 0 Å². The summed E-state index contributed by atoms with van der Waals surface area (Å²) < 4.78 is 0. The Bertz CT molecular complexity index is 678. The third-order valence-corrected chi connectivity index (χ3v) is 3.59. The molecule has 0 aliphatic heterocycles.